The molecule has 0 saturated carbocycles. The summed E-state index contributed by atoms with van der Waals surface area (Å²) in [7, 11) is -3.99. The molecule has 7 nitrogen and oxygen atoms in total. The van der Waals surface area contributed by atoms with E-state index in [4.69, 9.17) is 4.42 Å². The summed E-state index contributed by atoms with van der Waals surface area (Å²) < 4.78 is 30.9. The molecule has 0 aliphatic heterocycles. The van der Waals surface area contributed by atoms with Gasteiger partial charge in [-0.3, -0.25) is 10.1 Å². The lowest BCUT2D eigenvalue weighted by Crippen LogP contribution is -2.03. The van der Waals surface area contributed by atoms with Crippen LogP contribution in [0.15, 0.2) is 74.9 Å². The third kappa shape index (κ3) is 3.84. The molecule has 2 aromatic carbocycles. The van der Waals surface area contributed by atoms with E-state index in [0.717, 1.165) is 11.6 Å². The lowest BCUT2D eigenvalue weighted by atomic mass is 10.1. The predicted octanol–water partition coefficient (Wildman–Crippen LogP) is 4.50. The second-order valence-corrected chi connectivity index (χ2v) is 7.86. The number of nitriles is 1. The summed E-state index contributed by atoms with van der Waals surface area (Å²) in [5.41, 5.74) is 1.27. The molecule has 3 aromatic rings. The van der Waals surface area contributed by atoms with E-state index in [1.165, 1.54) is 36.4 Å². The number of nitro groups is 1. The van der Waals surface area contributed by atoms with Crippen LogP contribution in [0.1, 0.15) is 11.3 Å². The van der Waals surface area contributed by atoms with Crippen LogP contribution in [0.5, 0.6) is 0 Å². The maximum absolute atomic E-state index is 12.7. The zero-order valence-electron chi connectivity index (χ0n) is 14.7. The number of allylic oxidation sites excluding steroid dienone is 1. The third-order valence-corrected chi connectivity index (χ3v) is 5.65. The topological polar surface area (TPSA) is 114 Å². The van der Waals surface area contributed by atoms with Gasteiger partial charge in [0.1, 0.15) is 17.6 Å². The minimum Gasteiger partial charge on any atom is -0.457 e. The van der Waals surface area contributed by atoms with E-state index in [2.05, 4.69) is 0 Å². The maximum Gasteiger partial charge on any atom is 0.270 e. The zero-order chi connectivity index (χ0) is 20.3. The summed E-state index contributed by atoms with van der Waals surface area (Å²) in [6.07, 6.45) is 1.13. The Labute approximate surface area is 161 Å². The van der Waals surface area contributed by atoms with Gasteiger partial charge in [0.25, 0.3) is 5.69 Å². The molecule has 0 atom stereocenters. The predicted molar refractivity (Wildman–Crippen MR) is 103 cm³/mol. The Bertz CT molecular complexity index is 1220. The molecule has 140 valence electrons. The Hall–Kier alpha value is -3.70. The van der Waals surface area contributed by atoms with E-state index >= 15 is 0 Å². The van der Waals surface area contributed by atoms with Crippen molar-refractivity contribution in [1.29, 1.82) is 5.26 Å². The van der Waals surface area contributed by atoms with Crippen LogP contribution in [-0.2, 0) is 9.84 Å². The largest absolute Gasteiger partial charge is 0.457 e. The van der Waals surface area contributed by atoms with E-state index < -0.39 is 19.7 Å². The summed E-state index contributed by atoms with van der Waals surface area (Å²) in [5.74, 6) is 0.466. The van der Waals surface area contributed by atoms with Gasteiger partial charge in [-0.25, -0.2) is 8.42 Å². The number of benzene rings is 2. The van der Waals surface area contributed by atoms with E-state index in [-0.39, 0.29) is 16.3 Å². The minimum atomic E-state index is -3.99. The molecular formula is C20H14N2O5S. The number of sulfone groups is 1. The summed E-state index contributed by atoms with van der Waals surface area (Å²) in [6.45, 7) is 1.83. The average molecular weight is 394 g/mol. The normalized spacial score (nSPS) is 11.8. The fraction of sp³-hybridized carbons (Fsp3) is 0.0500. The van der Waals surface area contributed by atoms with Crippen LogP contribution >= 0.6 is 0 Å². The van der Waals surface area contributed by atoms with Crippen LogP contribution in [0.3, 0.4) is 0 Å². The second kappa shape index (κ2) is 7.50. The Kier molecular flexibility index (Phi) is 5.11. The van der Waals surface area contributed by atoms with E-state index in [1.807, 2.05) is 6.92 Å². The van der Waals surface area contributed by atoms with Gasteiger partial charge >= 0.3 is 0 Å². The van der Waals surface area contributed by atoms with Crippen molar-refractivity contribution in [3.63, 3.8) is 0 Å². The molecule has 3 rings (SSSR count). The van der Waals surface area contributed by atoms with Gasteiger partial charge in [0.2, 0.25) is 9.84 Å². The van der Waals surface area contributed by atoms with Crippen molar-refractivity contribution >= 4 is 21.6 Å². The first-order valence-corrected chi connectivity index (χ1v) is 9.58. The fourth-order valence-corrected chi connectivity index (χ4v) is 3.64. The van der Waals surface area contributed by atoms with Gasteiger partial charge in [-0.05, 0) is 31.2 Å². The van der Waals surface area contributed by atoms with Gasteiger partial charge in [0, 0.05) is 23.8 Å². The van der Waals surface area contributed by atoms with Crippen molar-refractivity contribution in [2.24, 2.45) is 0 Å². The van der Waals surface area contributed by atoms with Crippen molar-refractivity contribution in [3.8, 4) is 17.4 Å². The fourth-order valence-electron chi connectivity index (χ4n) is 2.50. The molecule has 0 aliphatic rings. The highest BCUT2D eigenvalue weighted by Gasteiger charge is 2.21. The van der Waals surface area contributed by atoms with Gasteiger partial charge in [0.15, 0.2) is 4.91 Å². The van der Waals surface area contributed by atoms with Crippen molar-refractivity contribution in [2.45, 2.75) is 11.8 Å². The number of nitrogens with zero attached hydrogens (tertiary/aromatic N) is 2. The molecular weight excluding hydrogens is 380 g/mol. The number of non-ortho nitro benzene ring substituents is 1. The molecule has 0 fully saturated rings. The van der Waals surface area contributed by atoms with Crippen LogP contribution in [0.25, 0.3) is 17.4 Å². The average Bonchev–Trinajstić information content (AvgIpc) is 3.15. The Morgan fingerprint density at radius 3 is 2.50 bits per heavy atom. The zero-order valence-corrected chi connectivity index (χ0v) is 15.5. The summed E-state index contributed by atoms with van der Waals surface area (Å²) in [4.78, 5) is 9.93. The number of hydrogen-bond donors (Lipinski definition) is 0. The minimum absolute atomic E-state index is 0.0105. The van der Waals surface area contributed by atoms with Crippen LogP contribution in [0, 0.1) is 28.4 Å². The Morgan fingerprint density at radius 2 is 1.86 bits per heavy atom. The molecule has 1 aromatic heterocycles. The van der Waals surface area contributed by atoms with Crippen LogP contribution in [0.2, 0.25) is 0 Å². The summed E-state index contributed by atoms with van der Waals surface area (Å²) >= 11 is 0. The van der Waals surface area contributed by atoms with Gasteiger partial charge < -0.3 is 4.42 Å². The molecule has 0 aliphatic carbocycles. The summed E-state index contributed by atoms with van der Waals surface area (Å²) in [6, 6.07) is 16.8. The van der Waals surface area contributed by atoms with Crippen molar-refractivity contribution in [2.75, 3.05) is 0 Å². The molecule has 0 N–H and O–H groups in total. The third-order valence-electron chi connectivity index (χ3n) is 3.97. The molecule has 0 radical (unpaired) electrons. The van der Waals surface area contributed by atoms with Crippen LogP contribution < -0.4 is 0 Å². The van der Waals surface area contributed by atoms with E-state index in [1.54, 1.807) is 30.3 Å². The number of furan rings is 1. The van der Waals surface area contributed by atoms with Crippen LogP contribution in [0.4, 0.5) is 5.69 Å². The van der Waals surface area contributed by atoms with E-state index in [9.17, 15) is 23.8 Å². The summed E-state index contributed by atoms with van der Waals surface area (Å²) in [5, 5.41) is 20.2. The highest BCUT2D eigenvalue weighted by molar-refractivity contribution is 7.95. The number of rotatable bonds is 5. The lowest BCUT2D eigenvalue weighted by molar-refractivity contribution is -0.384. The Morgan fingerprint density at radius 1 is 1.14 bits per heavy atom. The first kappa shape index (κ1) is 19.1. The highest BCUT2D eigenvalue weighted by Crippen LogP contribution is 2.28. The Balaban J connectivity index is 1.97. The van der Waals surface area contributed by atoms with Gasteiger partial charge in [-0.2, -0.15) is 5.26 Å². The molecule has 0 amide bonds. The first-order chi connectivity index (χ1) is 13.3. The standard InChI is InChI=1S/C20H14N2O5S/c1-14-5-8-18(9-6-14)28(25,26)19(13-21)12-17-7-10-20(27-17)15-3-2-4-16(11-15)22(23)24/h2-12H,1H3/b19-12+. The smallest absolute Gasteiger partial charge is 0.270 e. The van der Waals surface area contributed by atoms with Crippen LogP contribution in [-0.4, -0.2) is 13.3 Å². The quantitative estimate of drug-likeness (QED) is 0.357. The second-order valence-electron chi connectivity index (χ2n) is 5.95. The molecule has 8 heteroatoms. The molecule has 28 heavy (non-hydrogen) atoms. The number of nitro benzene ring substituents is 1. The molecule has 0 bridgehead atoms. The van der Waals surface area contributed by atoms with Crippen molar-refractivity contribution < 1.29 is 17.8 Å². The van der Waals surface area contributed by atoms with Crippen molar-refractivity contribution in [1.82, 2.24) is 0 Å². The van der Waals surface area contributed by atoms with Crippen molar-refractivity contribution in [3.05, 3.63) is 87.0 Å². The van der Waals surface area contributed by atoms with E-state index in [0.29, 0.717) is 11.3 Å². The first-order valence-electron chi connectivity index (χ1n) is 8.09. The lowest BCUT2D eigenvalue weighted by Gasteiger charge is -2.03. The monoisotopic (exact) mass is 394 g/mol. The van der Waals surface area contributed by atoms with Gasteiger partial charge in [-0.1, -0.05) is 29.8 Å². The van der Waals surface area contributed by atoms with Gasteiger partial charge in [0.05, 0.1) is 9.82 Å². The van der Waals surface area contributed by atoms with Gasteiger partial charge in [-0.15, -0.1) is 0 Å². The number of aryl methyl sites for hydroxylation is 1. The molecule has 1 heterocycles. The SMILES string of the molecule is Cc1ccc(S(=O)(=O)/C(C#N)=C/c2ccc(-c3cccc([N+](=O)[O-])c3)o2)cc1. The number of hydrogen-bond acceptors (Lipinski definition) is 6. The molecule has 0 saturated heterocycles. The molecule has 0 spiro atoms. The molecule has 0 unspecified atom stereocenters. The maximum atomic E-state index is 12.7. The highest BCUT2D eigenvalue weighted by atomic mass is 32.2.